The standard InChI is InChI=1S/C17H24N2O2/c1-2-12-3-5-13(6-4-12)18-17(21)11-19-14-7-8-15(19)10-16(20)9-14/h3-6,14-16,20H,2,7-11H2,1H3,(H,18,21). The van der Waals surface area contributed by atoms with Gasteiger partial charge in [0.2, 0.25) is 5.91 Å². The van der Waals surface area contributed by atoms with E-state index in [1.54, 1.807) is 0 Å². The van der Waals surface area contributed by atoms with Gasteiger partial charge in [-0.15, -0.1) is 0 Å². The predicted octanol–water partition coefficient (Wildman–Crippen LogP) is 2.18. The first-order valence-electron chi connectivity index (χ1n) is 7.98. The summed E-state index contributed by atoms with van der Waals surface area (Å²) in [5.74, 6) is 0.0486. The van der Waals surface area contributed by atoms with E-state index in [4.69, 9.17) is 0 Å². The van der Waals surface area contributed by atoms with Crippen molar-refractivity contribution >= 4 is 11.6 Å². The van der Waals surface area contributed by atoms with E-state index in [0.29, 0.717) is 18.6 Å². The Morgan fingerprint density at radius 3 is 2.43 bits per heavy atom. The number of amides is 1. The molecule has 0 radical (unpaired) electrons. The van der Waals surface area contributed by atoms with E-state index in [1.165, 1.54) is 5.56 Å². The molecular formula is C17H24N2O2. The summed E-state index contributed by atoms with van der Waals surface area (Å²) in [6, 6.07) is 8.79. The van der Waals surface area contributed by atoms with Crippen molar-refractivity contribution in [1.82, 2.24) is 4.90 Å². The van der Waals surface area contributed by atoms with Crippen molar-refractivity contribution in [1.29, 1.82) is 0 Å². The zero-order valence-corrected chi connectivity index (χ0v) is 12.6. The van der Waals surface area contributed by atoms with Gasteiger partial charge in [-0.25, -0.2) is 0 Å². The topological polar surface area (TPSA) is 52.6 Å². The molecule has 4 heteroatoms. The van der Waals surface area contributed by atoms with Crippen LogP contribution in [0.15, 0.2) is 24.3 Å². The Morgan fingerprint density at radius 1 is 1.24 bits per heavy atom. The third kappa shape index (κ3) is 3.27. The number of benzene rings is 1. The molecule has 2 saturated heterocycles. The molecule has 2 atom stereocenters. The van der Waals surface area contributed by atoms with Gasteiger partial charge in [-0.3, -0.25) is 9.69 Å². The summed E-state index contributed by atoms with van der Waals surface area (Å²) in [6.45, 7) is 2.56. The normalized spacial score (nSPS) is 28.6. The number of rotatable bonds is 4. The molecule has 4 nitrogen and oxygen atoms in total. The van der Waals surface area contributed by atoms with E-state index < -0.39 is 0 Å². The molecule has 21 heavy (non-hydrogen) atoms. The number of aryl methyl sites for hydroxylation is 1. The maximum Gasteiger partial charge on any atom is 0.238 e. The molecule has 0 spiro atoms. The van der Waals surface area contributed by atoms with Gasteiger partial charge in [0.1, 0.15) is 0 Å². The zero-order valence-electron chi connectivity index (χ0n) is 12.6. The lowest BCUT2D eigenvalue weighted by Gasteiger charge is -2.36. The fourth-order valence-corrected chi connectivity index (χ4v) is 3.69. The SMILES string of the molecule is CCc1ccc(NC(=O)CN2C3CCC2CC(O)C3)cc1. The lowest BCUT2D eigenvalue weighted by molar-refractivity contribution is -0.119. The Morgan fingerprint density at radius 2 is 1.86 bits per heavy atom. The Kier molecular flexibility index (Phi) is 4.27. The number of nitrogens with zero attached hydrogens (tertiary/aromatic N) is 1. The first kappa shape index (κ1) is 14.5. The molecule has 2 N–H and O–H groups in total. The minimum atomic E-state index is -0.177. The van der Waals surface area contributed by atoms with Crippen molar-refractivity contribution in [3.05, 3.63) is 29.8 Å². The molecule has 0 saturated carbocycles. The van der Waals surface area contributed by atoms with Gasteiger partial charge in [-0.2, -0.15) is 0 Å². The van der Waals surface area contributed by atoms with Gasteiger partial charge in [0.15, 0.2) is 0 Å². The summed E-state index contributed by atoms with van der Waals surface area (Å²) in [6.07, 6.45) is 4.68. The second-order valence-electron chi connectivity index (χ2n) is 6.28. The molecule has 2 heterocycles. The van der Waals surface area contributed by atoms with Crippen LogP contribution < -0.4 is 5.32 Å². The highest BCUT2D eigenvalue weighted by Crippen LogP contribution is 2.35. The van der Waals surface area contributed by atoms with Crippen LogP contribution in [0.25, 0.3) is 0 Å². The summed E-state index contributed by atoms with van der Waals surface area (Å²) in [5.41, 5.74) is 2.14. The number of piperidine rings is 1. The molecule has 1 amide bonds. The van der Waals surface area contributed by atoms with Crippen LogP contribution in [0.4, 0.5) is 5.69 Å². The highest BCUT2D eigenvalue weighted by molar-refractivity contribution is 5.92. The van der Waals surface area contributed by atoms with Crippen molar-refractivity contribution in [2.45, 2.75) is 57.2 Å². The highest BCUT2D eigenvalue weighted by atomic mass is 16.3. The van der Waals surface area contributed by atoms with Crippen LogP contribution in [-0.2, 0) is 11.2 Å². The summed E-state index contributed by atoms with van der Waals surface area (Å²) >= 11 is 0. The number of aliphatic hydroxyl groups is 1. The smallest absolute Gasteiger partial charge is 0.238 e. The molecule has 0 aliphatic carbocycles. The number of hydrogen-bond donors (Lipinski definition) is 2. The predicted molar refractivity (Wildman–Crippen MR) is 83.2 cm³/mol. The second kappa shape index (κ2) is 6.16. The first-order chi connectivity index (χ1) is 10.2. The van der Waals surface area contributed by atoms with Crippen LogP contribution in [0, 0.1) is 0 Å². The quantitative estimate of drug-likeness (QED) is 0.893. The molecule has 3 rings (SSSR count). The average molecular weight is 288 g/mol. The van der Waals surface area contributed by atoms with Crippen molar-refractivity contribution in [3.63, 3.8) is 0 Å². The molecule has 2 aliphatic heterocycles. The lowest BCUT2D eigenvalue weighted by atomic mass is 10.00. The minimum absolute atomic E-state index is 0.0486. The van der Waals surface area contributed by atoms with Gasteiger partial charge in [-0.05, 0) is 49.8 Å². The average Bonchev–Trinajstić information content (AvgIpc) is 2.71. The van der Waals surface area contributed by atoms with Crippen LogP contribution in [0.2, 0.25) is 0 Å². The third-order valence-corrected chi connectivity index (χ3v) is 4.83. The van der Waals surface area contributed by atoms with Gasteiger partial charge >= 0.3 is 0 Å². The van der Waals surface area contributed by atoms with E-state index in [1.807, 2.05) is 12.1 Å². The summed E-state index contributed by atoms with van der Waals surface area (Å²) in [4.78, 5) is 14.5. The van der Waals surface area contributed by atoms with Crippen molar-refractivity contribution < 1.29 is 9.90 Å². The summed E-state index contributed by atoms with van der Waals surface area (Å²) in [5, 5.41) is 12.8. The number of aliphatic hydroxyl groups excluding tert-OH is 1. The van der Waals surface area contributed by atoms with Crippen LogP contribution in [0.3, 0.4) is 0 Å². The van der Waals surface area contributed by atoms with Gasteiger partial charge in [0.25, 0.3) is 0 Å². The molecular weight excluding hydrogens is 264 g/mol. The van der Waals surface area contributed by atoms with Crippen LogP contribution in [-0.4, -0.2) is 40.6 Å². The van der Waals surface area contributed by atoms with E-state index in [9.17, 15) is 9.90 Å². The number of carbonyl (C=O) groups is 1. The van der Waals surface area contributed by atoms with E-state index in [0.717, 1.165) is 37.8 Å². The molecule has 0 aromatic heterocycles. The molecule has 2 unspecified atom stereocenters. The number of fused-ring (bicyclic) bond motifs is 2. The Labute approximate surface area is 126 Å². The first-order valence-corrected chi connectivity index (χ1v) is 7.98. The number of carbonyl (C=O) groups excluding carboxylic acids is 1. The lowest BCUT2D eigenvalue weighted by Crippen LogP contribution is -2.47. The third-order valence-electron chi connectivity index (χ3n) is 4.83. The fourth-order valence-electron chi connectivity index (χ4n) is 3.69. The Hall–Kier alpha value is -1.39. The Bertz CT molecular complexity index is 486. The number of anilines is 1. The molecule has 2 aliphatic rings. The van der Waals surface area contributed by atoms with Crippen LogP contribution in [0.5, 0.6) is 0 Å². The molecule has 1 aromatic carbocycles. The maximum absolute atomic E-state index is 12.2. The molecule has 114 valence electrons. The van der Waals surface area contributed by atoms with Gasteiger partial charge < -0.3 is 10.4 Å². The number of nitrogens with one attached hydrogen (secondary N) is 1. The minimum Gasteiger partial charge on any atom is -0.393 e. The maximum atomic E-state index is 12.2. The summed E-state index contributed by atoms with van der Waals surface area (Å²) in [7, 11) is 0. The zero-order chi connectivity index (χ0) is 14.8. The van der Waals surface area contributed by atoms with E-state index in [-0.39, 0.29) is 12.0 Å². The Balaban J connectivity index is 1.56. The monoisotopic (exact) mass is 288 g/mol. The molecule has 2 bridgehead atoms. The van der Waals surface area contributed by atoms with Crippen LogP contribution in [0.1, 0.15) is 38.2 Å². The highest BCUT2D eigenvalue weighted by Gasteiger charge is 2.40. The summed E-state index contributed by atoms with van der Waals surface area (Å²) < 4.78 is 0. The molecule has 2 fully saturated rings. The molecule has 1 aromatic rings. The van der Waals surface area contributed by atoms with Gasteiger partial charge in [-0.1, -0.05) is 19.1 Å². The van der Waals surface area contributed by atoms with E-state index >= 15 is 0 Å². The van der Waals surface area contributed by atoms with Gasteiger partial charge in [0.05, 0.1) is 12.6 Å². The van der Waals surface area contributed by atoms with Crippen molar-refractivity contribution in [3.8, 4) is 0 Å². The van der Waals surface area contributed by atoms with Crippen LogP contribution >= 0.6 is 0 Å². The van der Waals surface area contributed by atoms with Crippen molar-refractivity contribution in [2.75, 3.05) is 11.9 Å². The fraction of sp³-hybridized carbons (Fsp3) is 0.588. The second-order valence-corrected chi connectivity index (χ2v) is 6.28. The van der Waals surface area contributed by atoms with E-state index in [2.05, 4.69) is 29.3 Å². The number of hydrogen-bond acceptors (Lipinski definition) is 3. The van der Waals surface area contributed by atoms with Crippen molar-refractivity contribution in [2.24, 2.45) is 0 Å². The van der Waals surface area contributed by atoms with Gasteiger partial charge in [0, 0.05) is 17.8 Å². The largest absolute Gasteiger partial charge is 0.393 e.